The van der Waals surface area contributed by atoms with Gasteiger partial charge in [-0.15, -0.1) is 0 Å². The third kappa shape index (κ3) is 2.98. The first-order valence-corrected chi connectivity index (χ1v) is 9.36. The zero-order chi connectivity index (χ0) is 16.6. The number of sulfone groups is 1. The number of carbonyl (C=O) groups is 1. The molecule has 23 heavy (non-hydrogen) atoms. The number of anilines is 1. The average Bonchev–Trinajstić information content (AvgIpc) is 2.77. The number of ether oxygens (including phenoxy) is 1. The number of hydrogen-bond acceptors (Lipinski definition) is 4. The molecule has 1 atom stereocenters. The predicted octanol–water partition coefficient (Wildman–Crippen LogP) is 2.92. The first-order valence-electron chi connectivity index (χ1n) is 6.85. The molecule has 1 aliphatic heterocycles. The van der Waals surface area contributed by atoms with Crippen LogP contribution in [-0.2, 0) is 14.6 Å². The second-order valence-corrected chi connectivity index (χ2v) is 8.15. The summed E-state index contributed by atoms with van der Waals surface area (Å²) in [5.74, 6) is -0.279. The van der Waals surface area contributed by atoms with Gasteiger partial charge in [-0.3, -0.25) is 9.69 Å². The van der Waals surface area contributed by atoms with E-state index in [-0.39, 0.29) is 0 Å². The van der Waals surface area contributed by atoms with Crippen molar-refractivity contribution < 1.29 is 17.9 Å². The van der Waals surface area contributed by atoms with Crippen molar-refractivity contribution in [1.82, 2.24) is 0 Å². The highest BCUT2D eigenvalue weighted by Gasteiger charge is 2.45. The second-order valence-electron chi connectivity index (χ2n) is 5.17. The molecule has 0 radical (unpaired) electrons. The highest BCUT2D eigenvalue weighted by atomic mass is 79.9. The van der Waals surface area contributed by atoms with Crippen molar-refractivity contribution in [2.75, 3.05) is 17.8 Å². The molecule has 0 aliphatic carbocycles. The summed E-state index contributed by atoms with van der Waals surface area (Å²) in [6.07, 6.45) is 0. The number of halogens is 1. The van der Waals surface area contributed by atoms with Crippen LogP contribution in [0, 0.1) is 0 Å². The van der Waals surface area contributed by atoms with E-state index in [9.17, 15) is 13.2 Å². The monoisotopic (exact) mass is 395 g/mol. The Morgan fingerprint density at radius 1 is 1.09 bits per heavy atom. The first-order chi connectivity index (χ1) is 10.9. The molecule has 1 amide bonds. The maximum absolute atomic E-state index is 12.5. The minimum absolute atomic E-state index is 0.423. The largest absolute Gasteiger partial charge is 0.497 e. The lowest BCUT2D eigenvalue weighted by atomic mass is 10.2. The quantitative estimate of drug-likeness (QED) is 0.801. The summed E-state index contributed by atoms with van der Waals surface area (Å²) in [5.41, 5.74) is 1.10. The normalized spacial score (nSPS) is 19.8. The molecule has 1 heterocycles. The minimum atomic E-state index is -3.59. The standard InChI is InChI=1S/C16H14BrNO4S/c1-22-14-8-2-11(3-9-14)16-18(15(19)10-23(16,20)21)13-6-4-12(17)5-7-13/h2-9,16H,10H2,1H3/t16-/m1/s1. The van der Waals surface area contributed by atoms with E-state index in [1.54, 1.807) is 55.6 Å². The van der Waals surface area contributed by atoms with Crippen molar-refractivity contribution in [2.45, 2.75) is 5.37 Å². The molecule has 5 nitrogen and oxygen atoms in total. The van der Waals surface area contributed by atoms with Gasteiger partial charge in [0.1, 0.15) is 11.5 Å². The van der Waals surface area contributed by atoms with Gasteiger partial charge in [0.25, 0.3) is 0 Å². The van der Waals surface area contributed by atoms with E-state index in [1.165, 1.54) is 4.90 Å². The van der Waals surface area contributed by atoms with Gasteiger partial charge >= 0.3 is 0 Å². The smallest absolute Gasteiger partial charge is 0.243 e. The highest BCUT2D eigenvalue weighted by Crippen LogP contribution is 2.38. The number of rotatable bonds is 3. The van der Waals surface area contributed by atoms with E-state index in [2.05, 4.69) is 15.9 Å². The molecule has 2 aromatic rings. The molecular weight excluding hydrogens is 382 g/mol. The minimum Gasteiger partial charge on any atom is -0.497 e. The summed E-state index contributed by atoms with van der Waals surface area (Å²) >= 11 is 3.33. The van der Waals surface area contributed by atoms with Crippen LogP contribution in [0.3, 0.4) is 0 Å². The van der Waals surface area contributed by atoms with Gasteiger partial charge < -0.3 is 4.74 Å². The molecule has 120 valence electrons. The number of nitrogens with zero attached hydrogens (tertiary/aromatic N) is 1. The van der Waals surface area contributed by atoms with E-state index in [0.29, 0.717) is 17.0 Å². The fourth-order valence-corrected chi connectivity index (χ4v) is 4.66. The summed E-state index contributed by atoms with van der Waals surface area (Å²) in [6.45, 7) is 0. The Hall–Kier alpha value is -1.86. The Balaban J connectivity index is 2.08. The maximum atomic E-state index is 12.5. The molecular formula is C16H14BrNO4S. The third-order valence-corrected chi connectivity index (χ3v) is 6.02. The van der Waals surface area contributed by atoms with Gasteiger partial charge in [-0.1, -0.05) is 28.1 Å². The first kappa shape index (κ1) is 16.0. The highest BCUT2D eigenvalue weighted by molar-refractivity contribution is 9.10. The van der Waals surface area contributed by atoms with Crippen molar-refractivity contribution in [3.8, 4) is 5.75 Å². The lowest BCUT2D eigenvalue weighted by molar-refractivity contribution is -0.115. The third-order valence-electron chi connectivity index (χ3n) is 3.67. The van der Waals surface area contributed by atoms with Crippen molar-refractivity contribution in [1.29, 1.82) is 0 Å². The summed E-state index contributed by atoms with van der Waals surface area (Å²) < 4.78 is 30.9. The number of benzene rings is 2. The van der Waals surface area contributed by atoms with Crippen LogP contribution in [0.2, 0.25) is 0 Å². The topological polar surface area (TPSA) is 63.7 Å². The Morgan fingerprint density at radius 2 is 1.70 bits per heavy atom. The van der Waals surface area contributed by atoms with Crippen LogP contribution in [0.25, 0.3) is 0 Å². The number of amides is 1. The Kier molecular flexibility index (Phi) is 4.16. The number of methoxy groups -OCH3 is 1. The van der Waals surface area contributed by atoms with E-state index in [1.807, 2.05) is 0 Å². The lowest BCUT2D eigenvalue weighted by Crippen LogP contribution is -2.29. The summed E-state index contributed by atoms with van der Waals surface area (Å²) in [5, 5.41) is -1.01. The van der Waals surface area contributed by atoms with Gasteiger partial charge in [0, 0.05) is 10.2 Å². The summed E-state index contributed by atoms with van der Waals surface area (Å²) in [7, 11) is -2.05. The van der Waals surface area contributed by atoms with Crippen LogP contribution in [-0.4, -0.2) is 27.2 Å². The van der Waals surface area contributed by atoms with E-state index in [0.717, 1.165) is 4.47 Å². The fraction of sp³-hybridized carbons (Fsp3) is 0.188. The van der Waals surface area contributed by atoms with E-state index in [4.69, 9.17) is 4.74 Å². The van der Waals surface area contributed by atoms with Crippen molar-refractivity contribution in [2.24, 2.45) is 0 Å². The van der Waals surface area contributed by atoms with Crippen LogP contribution in [0.4, 0.5) is 5.69 Å². The van der Waals surface area contributed by atoms with Crippen LogP contribution in [0.5, 0.6) is 5.75 Å². The Labute approximate surface area is 142 Å². The van der Waals surface area contributed by atoms with Gasteiger partial charge in [-0.25, -0.2) is 8.42 Å². The summed E-state index contributed by atoms with van der Waals surface area (Å²) in [6, 6.07) is 13.7. The molecule has 0 bridgehead atoms. The van der Waals surface area contributed by atoms with Gasteiger partial charge in [-0.2, -0.15) is 0 Å². The van der Waals surface area contributed by atoms with Crippen LogP contribution < -0.4 is 9.64 Å². The average molecular weight is 396 g/mol. The number of carbonyl (C=O) groups excluding carboxylic acids is 1. The molecule has 1 aliphatic rings. The van der Waals surface area contributed by atoms with Gasteiger partial charge in [0.15, 0.2) is 15.2 Å². The van der Waals surface area contributed by atoms with Crippen molar-refractivity contribution in [3.63, 3.8) is 0 Å². The van der Waals surface area contributed by atoms with Gasteiger partial charge in [0.05, 0.1) is 7.11 Å². The molecule has 1 saturated heterocycles. The van der Waals surface area contributed by atoms with E-state index >= 15 is 0 Å². The lowest BCUT2D eigenvalue weighted by Gasteiger charge is -2.24. The molecule has 2 aromatic carbocycles. The predicted molar refractivity (Wildman–Crippen MR) is 91.1 cm³/mol. The SMILES string of the molecule is COc1ccc([C@@H]2N(c3ccc(Br)cc3)C(=O)CS2(=O)=O)cc1. The molecule has 0 saturated carbocycles. The molecule has 0 spiro atoms. The van der Waals surface area contributed by atoms with Gasteiger partial charge in [-0.05, 0) is 42.0 Å². The van der Waals surface area contributed by atoms with Crippen LogP contribution in [0.15, 0.2) is 53.0 Å². The zero-order valence-electron chi connectivity index (χ0n) is 12.3. The van der Waals surface area contributed by atoms with E-state index < -0.39 is 26.9 Å². The molecule has 7 heteroatoms. The molecule has 0 N–H and O–H groups in total. The maximum Gasteiger partial charge on any atom is 0.243 e. The molecule has 3 rings (SSSR count). The fourth-order valence-electron chi connectivity index (χ4n) is 2.62. The second kappa shape index (κ2) is 5.98. The molecule has 1 fully saturated rings. The van der Waals surface area contributed by atoms with Crippen LogP contribution >= 0.6 is 15.9 Å². The number of hydrogen-bond donors (Lipinski definition) is 0. The molecule has 0 aromatic heterocycles. The Bertz CT molecular complexity index is 831. The Morgan fingerprint density at radius 3 is 2.26 bits per heavy atom. The van der Waals surface area contributed by atoms with Crippen LogP contribution in [0.1, 0.15) is 10.9 Å². The van der Waals surface area contributed by atoms with Gasteiger partial charge in [0.2, 0.25) is 5.91 Å². The zero-order valence-corrected chi connectivity index (χ0v) is 14.7. The summed E-state index contributed by atoms with van der Waals surface area (Å²) in [4.78, 5) is 13.6. The molecule has 0 unspecified atom stereocenters. The van der Waals surface area contributed by atoms with Crippen molar-refractivity contribution >= 4 is 37.4 Å². The van der Waals surface area contributed by atoms with Crippen molar-refractivity contribution in [3.05, 3.63) is 58.6 Å².